The van der Waals surface area contributed by atoms with Crippen LogP contribution in [0.2, 0.25) is 0 Å². The Balaban J connectivity index is 1.93. The maximum absolute atomic E-state index is 10.2. The van der Waals surface area contributed by atoms with Gasteiger partial charge < -0.3 is 5.11 Å². The maximum atomic E-state index is 10.2. The van der Waals surface area contributed by atoms with Crippen LogP contribution in [-0.4, -0.2) is 19.7 Å². The van der Waals surface area contributed by atoms with Gasteiger partial charge in [0.2, 0.25) is 0 Å². The van der Waals surface area contributed by atoms with Crippen molar-refractivity contribution in [2.75, 3.05) is 0 Å². The fourth-order valence-corrected chi connectivity index (χ4v) is 2.58. The van der Waals surface area contributed by atoms with Crippen LogP contribution in [0.3, 0.4) is 0 Å². The topological polar surface area (TPSA) is 50.4 Å². The SMILES string of the molecule is OC(Cc1cccs1)c1cnn2ccncc12. The minimum Gasteiger partial charge on any atom is -0.388 e. The Kier molecular flexibility index (Phi) is 2.62. The molecule has 0 aliphatic rings. The number of aromatic nitrogens is 3. The number of thiophene rings is 1. The van der Waals surface area contributed by atoms with E-state index in [-0.39, 0.29) is 0 Å². The summed E-state index contributed by atoms with van der Waals surface area (Å²) in [7, 11) is 0. The van der Waals surface area contributed by atoms with Crippen molar-refractivity contribution in [2.45, 2.75) is 12.5 Å². The van der Waals surface area contributed by atoms with Crippen molar-refractivity contribution in [3.05, 3.63) is 52.7 Å². The third-order valence-electron chi connectivity index (χ3n) is 2.69. The smallest absolute Gasteiger partial charge is 0.0903 e. The highest BCUT2D eigenvalue weighted by Crippen LogP contribution is 2.23. The molecule has 0 aromatic carbocycles. The monoisotopic (exact) mass is 245 g/mol. The number of hydrogen-bond acceptors (Lipinski definition) is 4. The summed E-state index contributed by atoms with van der Waals surface area (Å²) in [6.07, 6.45) is 6.96. The Morgan fingerprint density at radius 1 is 1.41 bits per heavy atom. The minimum atomic E-state index is -0.532. The molecule has 1 unspecified atom stereocenters. The van der Waals surface area contributed by atoms with Gasteiger partial charge in [-0.25, -0.2) is 4.52 Å². The molecule has 0 bridgehead atoms. The van der Waals surface area contributed by atoms with Crippen molar-refractivity contribution < 1.29 is 5.11 Å². The fraction of sp³-hybridized carbons (Fsp3) is 0.167. The first-order valence-electron chi connectivity index (χ1n) is 5.32. The first-order valence-corrected chi connectivity index (χ1v) is 6.20. The number of rotatable bonds is 3. The average molecular weight is 245 g/mol. The molecule has 4 nitrogen and oxygen atoms in total. The molecule has 1 N–H and O–H groups in total. The molecule has 0 fully saturated rings. The third-order valence-corrected chi connectivity index (χ3v) is 3.59. The number of aliphatic hydroxyl groups excluding tert-OH is 1. The van der Waals surface area contributed by atoms with E-state index in [0.29, 0.717) is 6.42 Å². The second kappa shape index (κ2) is 4.27. The van der Waals surface area contributed by atoms with Crippen LogP contribution >= 0.6 is 11.3 Å². The predicted molar refractivity (Wildman–Crippen MR) is 66.0 cm³/mol. The van der Waals surface area contributed by atoms with E-state index in [4.69, 9.17) is 0 Å². The largest absolute Gasteiger partial charge is 0.388 e. The molecule has 0 aliphatic heterocycles. The van der Waals surface area contributed by atoms with Crippen LogP contribution in [0, 0.1) is 0 Å². The van der Waals surface area contributed by atoms with Gasteiger partial charge in [-0.15, -0.1) is 11.3 Å². The zero-order valence-corrected chi connectivity index (χ0v) is 9.84. The predicted octanol–water partition coefficient (Wildman–Crippen LogP) is 2.07. The number of nitrogens with zero attached hydrogens (tertiary/aromatic N) is 3. The summed E-state index contributed by atoms with van der Waals surface area (Å²) in [5.41, 5.74) is 1.68. The normalized spacial score (nSPS) is 13.0. The van der Waals surface area contributed by atoms with Crippen LogP contribution in [0.5, 0.6) is 0 Å². The second-order valence-corrected chi connectivity index (χ2v) is 4.84. The summed E-state index contributed by atoms with van der Waals surface area (Å²) in [6, 6.07) is 4.02. The van der Waals surface area contributed by atoms with Gasteiger partial charge in [0.15, 0.2) is 0 Å². The Morgan fingerprint density at radius 3 is 3.18 bits per heavy atom. The van der Waals surface area contributed by atoms with Gasteiger partial charge in [-0.1, -0.05) is 6.07 Å². The lowest BCUT2D eigenvalue weighted by Crippen LogP contribution is -2.00. The van der Waals surface area contributed by atoms with Gasteiger partial charge in [-0.05, 0) is 11.4 Å². The van der Waals surface area contributed by atoms with Crippen molar-refractivity contribution in [1.29, 1.82) is 0 Å². The van der Waals surface area contributed by atoms with Crippen molar-refractivity contribution in [3.63, 3.8) is 0 Å². The Morgan fingerprint density at radius 2 is 2.35 bits per heavy atom. The van der Waals surface area contributed by atoms with Crippen molar-refractivity contribution in [3.8, 4) is 0 Å². The average Bonchev–Trinajstić information content (AvgIpc) is 2.96. The highest BCUT2D eigenvalue weighted by Gasteiger charge is 2.14. The molecular weight excluding hydrogens is 234 g/mol. The van der Waals surface area contributed by atoms with E-state index in [1.807, 2.05) is 17.5 Å². The number of fused-ring (bicyclic) bond motifs is 1. The number of hydrogen-bond donors (Lipinski definition) is 1. The molecule has 5 heteroatoms. The molecule has 3 heterocycles. The highest BCUT2D eigenvalue weighted by atomic mass is 32.1. The van der Waals surface area contributed by atoms with Crippen LogP contribution in [-0.2, 0) is 6.42 Å². The summed E-state index contributed by atoms with van der Waals surface area (Å²) in [4.78, 5) is 5.22. The van der Waals surface area contributed by atoms with Crippen molar-refractivity contribution in [2.24, 2.45) is 0 Å². The molecule has 0 spiro atoms. The molecule has 86 valence electrons. The lowest BCUT2D eigenvalue weighted by Gasteiger charge is -2.07. The molecule has 17 heavy (non-hydrogen) atoms. The first-order chi connectivity index (χ1) is 8.34. The van der Waals surface area contributed by atoms with E-state index < -0.39 is 6.10 Å². The van der Waals surface area contributed by atoms with Crippen LogP contribution in [0.1, 0.15) is 16.5 Å². The molecule has 3 aromatic rings. The van der Waals surface area contributed by atoms with Crippen LogP contribution in [0.15, 0.2) is 42.3 Å². The van der Waals surface area contributed by atoms with Gasteiger partial charge in [0.25, 0.3) is 0 Å². The standard InChI is InChI=1S/C12H11N3OS/c16-12(6-9-2-1-5-17-9)10-7-14-15-4-3-13-8-11(10)15/h1-5,7-8,12,16H,6H2. The Hall–Kier alpha value is -1.72. The summed E-state index contributed by atoms with van der Waals surface area (Å²) in [5.74, 6) is 0. The van der Waals surface area contributed by atoms with E-state index in [1.165, 1.54) is 4.88 Å². The van der Waals surface area contributed by atoms with Gasteiger partial charge in [-0.2, -0.15) is 5.10 Å². The molecule has 0 saturated heterocycles. The Bertz CT molecular complexity index is 618. The van der Waals surface area contributed by atoms with Crippen LogP contribution in [0.4, 0.5) is 0 Å². The van der Waals surface area contributed by atoms with Gasteiger partial charge in [-0.3, -0.25) is 4.98 Å². The lowest BCUT2D eigenvalue weighted by molar-refractivity contribution is 0.181. The molecule has 0 radical (unpaired) electrons. The molecule has 1 atom stereocenters. The molecule has 3 rings (SSSR count). The quantitative estimate of drug-likeness (QED) is 0.768. The van der Waals surface area contributed by atoms with Crippen LogP contribution < -0.4 is 0 Å². The molecule has 0 saturated carbocycles. The van der Waals surface area contributed by atoms with E-state index in [9.17, 15) is 5.11 Å². The summed E-state index contributed by atoms with van der Waals surface area (Å²) in [6.45, 7) is 0. The van der Waals surface area contributed by atoms with E-state index in [2.05, 4.69) is 10.1 Å². The van der Waals surface area contributed by atoms with Crippen LogP contribution in [0.25, 0.3) is 5.52 Å². The zero-order chi connectivity index (χ0) is 11.7. The minimum absolute atomic E-state index is 0.532. The van der Waals surface area contributed by atoms with E-state index in [1.54, 1.807) is 40.6 Å². The molecule has 3 aromatic heterocycles. The second-order valence-electron chi connectivity index (χ2n) is 3.81. The summed E-state index contributed by atoms with van der Waals surface area (Å²) < 4.78 is 1.72. The van der Waals surface area contributed by atoms with Crippen molar-refractivity contribution >= 4 is 16.9 Å². The number of aliphatic hydroxyl groups is 1. The van der Waals surface area contributed by atoms with Gasteiger partial charge >= 0.3 is 0 Å². The molecule has 0 aliphatic carbocycles. The summed E-state index contributed by atoms with van der Waals surface area (Å²) >= 11 is 1.65. The maximum Gasteiger partial charge on any atom is 0.0903 e. The van der Waals surface area contributed by atoms with E-state index >= 15 is 0 Å². The lowest BCUT2D eigenvalue weighted by atomic mass is 10.1. The fourth-order valence-electron chi connectivity index (χ4n) is 1.84. The highest BCUT2D eigenvalue weighted by molar-refractivity contribution is 7.09. The van der Waals surface area contributed by atoms with Gasteiger partial charge in [0.05, 0.1) is 24.0 Å². The van der Waals surface area contributed by atoms with Gasteiger partial charge in [0.1, 0.15) is 0 Å². The first kappa shape index (κ1) is 10.4. The molecular formula is C12H11N3OS. The van der Waals surface area contributed by atoms with Crippen molar-refractivity contribution in [1.82, 2.24) is 14.6 Å². The van der Waals surface area contributed by atoms with E-state index in [0.717, 1.165) is 11.1 Å². The zero-order valence-electron chi connectivity index (χ0n) is 9.02. The summed E-state index contributed by atoms with van der Waals surface area (Å²) in [5, 5.41) is 16.4. The third kappa shape index (κ3) is 1.94. The Labute approximate surface area is 102 Å². The molecule has 0 amide bonds. The van der Waals surface area contributed by atoms with Gasteiger partial charge in [0, 0.05) is 29.3 Å².